The number of carbonyl (C=O) groups excluding carboxylic acids is 1. The lowest BCUT2D eigenvalue weighted by Crippen LogP contribution is -2.24. The van der Waals surface area contributed by atoms with E-state index in [1.165, 1.54) is 5.39 Å². The molecule has 2 aromatic carbocycles. The Kier molecular flexibility index (Phi) is 2.57. The molecule has 18 heavy (non-hydrogen) atoms. The largest absolute Gasteiger partial charge is 0.342 e. The van der Waals surface area contributed by atoms with Gasteiger partial charge >= 0.3 is 0 Å². The number of carbonyl (C=O) groups is 1. The van der Waals surface area contributed by atoms with Crippen LogP contribution in [0.5, 0.6) is 0 Å². The molecule has 3 aromatic rings. The quantitative estimate of drug-likeness (QED) is 0.684. The van der Waals surface area contributed by atoms with Crippen LogP contribution in [0, 0.1) is 0 Å². The minimum Gasteiger partial charge on any atom is -0.342 e. The number of hydrogen-bond donors (Lipinski definition) is 2. The number of aromatic amines is 1. The summed E-state index contributed by atoms with van der Waals surface area (Å²) in [5, 5.41) is 2.32. The summed E-state index contributed by atoms with van der Waals surface area (Å²) in [7, 11) is 0. The molecule has 3 N–H and O–H groups in total. The second-order valence-corrected chi connectivity index (χ2v) is 4.40. The molecule has 0 fully saturated rings. The number of nitrogens with one attached hydrogen (secondary N) is 1. The summed E-state index contributed by atoms with van der Waals surface area (Å²) in [5.74, 6) is 0.750. The smallest absolute Gasteiger partial charge is 0.137 e. The third kappa shape index (κ3) is 1.87. The van der Waals surface area contributed by atoms with Crippen LogP contribution in [-0.2, 0) is 11.2 Å². The molecule has 4 heteroatoms. The van der Waals surface area contributed by atoms with E-state index in [9.17, 15) is 4.79 Å². The van der Waals surface area contributed by atoms with Gasteiger partial charge in [0.2, 0.25) is 0 Å². The molecule has 0 unspecified atom stereocenters. The van der Waals surface area contributed by atoms with Gasteiger partial charge in [-0.1, -0.05) is 24.3 Å². The van der Waals surface area contributed by atoms with E-state index in [0.717, 1.165) is 28.5 Å². The summed E-state index contributed by atoms with van der Waals surface area (Å²) in [4.78, 5) is 18.2. The number of fused-ring (bicyclic) bond motifs is 2. The van der Waals surface area contributed by atoms with Crippen molar-refractivity contribution >= 4 is 28.1 Å². The van der Waals surface area contributed by atoms with Crippen molar-refractivity contribution in [1.82, 2.24) is 9.97 Å². The third-order valence-corrected chi connectivity index (χ3v) is 3.00. The lowest BCUT2D eigenvalue weighted by Gasteiger charge is -1.98. The van der Waals surface area contributed by atoms with E-state index in [4.69, 9.17) is 5.73 Å². The monoisotopic (exact) mass is 239 g/mol. The van der Waals surface area contributed by atoms with Gasteiger partial charge in [-0.25, -0.2) is 4.98 Å². The molecular formula is C14H13N3O. The maximum atomic E-state index is 10.5. The van der Waals surface area contributed by atoms with E-state index in [1.807, 2.05) is 18.2 Å². The molecule has 0 bridgehead atoms. The standard InChI is InChI=1S/C14H13N3O/c15-11(8-18)7-14-16-12-5-9-3-1-2-4-10(9)6-13(12)17-14/h1-6,8,11H,7,15H2,(H,16,17)/t11-/m1/s1. The molecule has 90 valence electrons. The summed E-state index contributed by atoms with van der Waals surface area (Å²) in [6.07, 6.45) is 1.18. The van der Waals surface area contributed by atoms with Gasteiger partial charge in [-0.05, 0) is 22.9 Å². The van der Waals surface area contributed by atoms with Crippen LogP contribution in [0.15, 0.2) is 36.4 Å². The Bertz CT molecular complexity index is 665. The Labute approximate surface area is 104 Å². The number of aldehydes is 1. The number of aromatic nitrogens is 2. The molecule has 1 heterocycles. The first-order valence-electron chi connectivity index (χ1n) is 5.84. The van der Waals surface area contributed by atoms with Gasteiger partial charge < -0.3 is 15.5 Å². The molecule has 0 saturated heterocycles. The zero-order valence-electron chi connectivity index (χ0n) is 9.76. The Hall–Kier alpha value is -2.20. The van der Waals surface area contributed by atoms with E-state index >= 15 is 0 Å². The second-order valence-electron chi connectivity index (χ2n) is 4.40. The van der Waals surface area contributed by atoms with E-state index in [2.05, 4.69) is 28.2 Å². The summed E-state index contributed by atoms with van der Waals surface area (Å²) in [5.41, 5.74) is 7.48. The average molecular weight is 239 g/mol. The van der Waals surface area contributed by atoms with Gasteiger partial charge in [0.1, 0.15) is 12.1 Å². The molecule has 0 saturated carbocycles. The fourth-order valence-electron chi connectivity index (χ4n) is 2.12. The summed E-state index contributed by atoms with van der Waals surface area (Å²) >= 11 is 0. The number of rotatable bonds is 3. The molecule has 0 aliphatic heterocycles. The fraction of sp³-hybridized carbons (Fsp3) is 0.143. The van der Waals surface area contributed by atoms with Crippen molar-refractivity contribution in [3.8, 4) is 0 Å². The Morgan fingerprint density at radius 3 is 2.72 bits per heavy atom. The Balaban J connectivity index is 2.10. The van der Waals surface area contributed by atoms with Crippen LogP contribution in [0.4, 0.5) is 0 Å². The summed E-state index contributed by atoms with van der Waals surface area (Å²) < 4.78 is 0. The minimum atomic E-state index is -0.500. The molecule has 3 rings (SSSR count). The predicted molar refractivity (Wildman–Crippen MR) is 71.3 cm³/mol. The van der Waals surface area contributed by atoms with E-state index in [1.54, 1.807) is 0 Å². The third-order valence-electron chi connectivity index (χ3n) is 3.00. The maximum Gasteiger partial charge on any atom is 0.137 e. The first kappa shape index (κ1) is 10.9. The molecule has 0 aliphatic carbocycles. The topological polar surface area (TPSA) is 71.8 Å². The number of nitrogens with zero attached hydrogens (tertiary/aromatic N) is 1. The number of imidazole rings is 1. The lowest BCUT2D eigenvalue weighted by atomic mass is 10.1. The van der Waals surface area contributed by atoms with E-state index < -0.39 is 6.04 Å². The molecule has 1 aromatic heterocycles. The molecule has 0 spiro atoms. The van der Waals surface area contributed by atoms with Crippen molar-refractivity contribution in [1.29, 1.82) is 0 Å². The molecule has 0 aliphatic rings. The highest BCUT2D eigenvalue weighted by molar-refractivity contribution is 5.95. The highest BCUT2D eigenvalue weighted by Crippen LogP contribution is 2.21. The predicted octanol–water partition coefficient (Wildman–Crippen LogP) is 1.78. The van der Waals surface area contributed by atoms with Crippen LogP contribution in [0.3, 0.4) is 0 Å². The molecule has 0 amide bonds. The first-order chi connectivity index (χ1) is 8.76. The van der Waals surface area contributed by atoms with Gasteiger partial charge in [-0.3, -0.25) is 0 Å². The van der Waals surface area contributed by atoms with Crippen LogP contribution in [0.2, 0.25) is 0 Å². The molecular weight excluding hydrogens is 226 g/mol. The van der Waals surface area contributed by atoms with Crippen molar-refractivity contribution in [2.24, 2.45) is 5.73 Å². The average Bonchev–Trinajstić information content (AvgIpc) is 2.76. The van der Waals surface area contributed by atoms with Crippen molar-refractivity contribution in [3.63, 3.8) is 0 Å². The van der Waals surface area contributed by atoms with Gasteiger partial charge in [0.15, 0.2) is 0 Å². The fourth-order valence-corrected chi connectivity index (χ4v) is 2.12. The number of benzene rings is 2. The van der Waals surface area contributed by atoms with Crippen molar-refractivity contribution in [2.45, 2.75) is 12.5 Å². The van der Waals surface area contributed by atoms with Crippen molar-refractivity contribution in [2.75, 3.05) is 0 Å². The van der Waals surface area contributed by atoms with Gasteiger partial charge in [0.25, 0.3) is 0 Å². The van der Waals surface area contributed by atoms with E-state index in [-0.39, 0.29) is 0 Å². The van der Waals surface area contributed by atoms with Crippen LogP contribution in [-0.4, -0.2) is 22.3 Å². The normalized spacial score (nSPS) is 12.9. The SMILES string of the molecule is N[C@@H](C=O)Cc1nc2cc3ccccc3cc2[nH]1. The Morgan fingerprint density at radius 2 is 2.00 bits per heavy atom. The highest BCUT2D eigenvalue weighted by Gasteiger charge is 2.08. The van der Waals surface area contributed by atoms with Crippen LogP contribution in [0.25, 0.3) is 21.8 Å². The second kappa shape index (κ2) is 4.23. The Morgan fingerprint density at radius 1 is 1.28 bits per heavy atom. The van der Waals surface area contributed by atoms with Crippen molar-refractivity contribution in [3.05, 3.63) is 42.2 Å². The highest BCUT2D eigenvalue weighted by atomic mass is 16.1. The van der Waals surface area contributed by atoms with Gasteiger partial charge in [-0.15, -0.1) is 0 Å². The zero-order chi connectivity index (χ0) is 12.5. The number of hydrogen-bond acceptors (Lipinski definition) is 3. The van der Waals surface area contributed by atoms with Gasteiger partial charge in [-0.2, -0.15) is 0 Å². The van der Waals surface area contributed by atoms with Gasteiger partial charge in [0, 0.05) is 6.42 Å². The first-order valence-corrected chi connectivity index (χ1v) is 5.84. The molecule has 4 nitrogen and oxygen atoms in total. The minimum absolute atomic E-state index is 0.439. The number of nitrogens with two attached hydrogens (primary N) is 1. The lowest BCUT2D eigenvalue weighted by molar-refractivity contribution is -0.108. The summed E-state index contributed by atoms with van der Waals surface area (Å²) in [6, 6.07) is 11.7. The van der Waals surface area contributed by atoms with Crippen LogP contribution >= 0.6 is 0 Å². The summed E-state index contributed by atoms with van der Waals surface area (Å²) in [6.45, 7) is 0. The van der Waals surface area contributed by atoms with E-state index in [0.29, 0.717) is 6.42 Å². The van der Waals surface area contributed by atoms with Crippen molar-refractivity contribution < 1.29 is 4.79 Å². The maximum absolute atomic E-state index is 10.5. The zero-order valence-corrected chi connectivity index (χ0v) is 9.76. The van der Waals surface area contributed by atoms with Crippen LogP contribution in [0.1, 0.15) is 5.82 Å². The molecule has 1 atom stereocenters. The molecule has 0 radical (unpaired) electrons. The van der Waals surface area contributed by atoms with Gasteiger partial charge in [0.05, 0.1) is 17.1 Å². The number of H-pyrrole nitrogens is 1. The van der Waals surface area contributed by atoms with Crippen LogP contribution < -0.4 is 5.73 Å².